The summed E-state index contributed by atoms with van der Waals surface area (Å²) < 4.78 is 4.38. The first-order valence-corrected chi connectivity index (χ1v) is 2.41. The van der Waals surface area contributed by atoms with Gasteiger partial charge in [-0.25, -0.2) is 4.79 Å². The minimum atomic E-state index is -1.02. The molecule has 0 aliphatic heterocycles. The van der Waals surface area contributed by atoms with Gasteiger partial charge in [-0.2, -0.15) is 0 Å². The summed E-state index contributed by atoms with van der Waals surface area (Å²) in [5, 5.41) is 12.1. The van der Waals surface area contributed by atoms with Gasteiger partial charge in [-0.05, 0) is 0 Å². The number of nitrogens with zero attached hydrogens (tertiary/aromatic N) is 2. The van der Waals surface area contributed by atoms with Crippen molar-refractivity contribution in [1.82, 2.24) is 5.16 Å². The Kier molecular flexibility index (Phi) is 1.55. The third-order valence-electron chi connectivity index (χ3n) is 0.842. The van der Waals surface area contributed by atoms with Crippen molar-refractivity contribution in [2.45, 2.75) is 0 Å². The Morgan fingerprint density at radius 3 is 3.00 bits per heavy atom. The maximum atomic E-state index is 10.2. The van der Waals surface area contributed by atoms with Gasteiger partial charge >= 0.3 is 6.03 Å². The zero-order valence-electron chi connectivity index (χ0n) is 4.89. The third-order valence-corrected chi connectivity index (χ3v) is 0.842. The van der Waals surface area contributed by atoms with Crippen LogP contribution in [-0.2, 0) is 0 Å². The van der Waals surface area contributed by atoms with Crippen LogP contribution in [0.3, 0.4) is 0 Å². The number of aromatic nitrogens is 1. The van der Waals surface area contributed by atoms with Crippen LogP contribution in [0.5, 0.6) is 0 Å². The Labute approximate surface area is 55.8 Å². The van der Waals surface area contributed by atoms with E-state index in [1.807, 2.05) is 0 Å². The Morgan fingerprint density at radius 2 is 2.60 bits per heavy atom. The molecule has 0 unspecified atom stereocenters. The molecule has 0 aliphatic rings. The lowest BCUT2D eigenvalue weighted by Gasteiger charge is -2.04. The first-order chi connectivity index (χ1) is 4.72. The molecule has 10 heavy (non-hydrogen) atoms. The van der Waals surface area contributed by atoms with Gasteiger partial charge in [0.25, 0.3) is 5.88 Å². The third kappa shape index (κ3) is 1.06. The highest BCUT2D eigenvalue weighted by atomic mass is 16.6. The van der Waals surface area contributed by atoms with Crippen LogP contribution in [0.4, 0.5) is 10.7 Å². The molecule has 0 radical (unpaired) electrons. The van der Waals surface area contributed by atoms with E-state index in [2.05, 4.69) is 15.4 Å². The zero-order chi connectivity index (χ0) is 7.56. The number of carbonyl (C=O) groups is 1. The van der Waals surface area contributed by atoms with Crippen LogP contribution in [-0.4, -0.2) is 16.4 Å². The van der Waals surface area contributed by atoms with Crippen LogP contribution in [0.15, 0.2) is 16.8 Å². The first-order valence-electron chi connectivity index (χ1n) is 2.41. The molecule has 3 N–H and O–H groups in total. The average Bonchev–Trinajstić information content (AvgIpc) is 2.36. The fourth-order valence-corrected chi connectivity index (χ4v) is 0.427. The monoisotopic (exact) mass is 143 g/mol. The van der Waals surface area contributed by atoms with Gasteiger partial charge in [0.15, 0.2) is 0 Å². The molecule has 0 aliphatic carbocycles. The van der Waals surface area contributed by atoms with Crippen LogP contribution in [0.25, 0.3) is 0 Å². The number of rotatable bonds is 1. The van der Waals surface area contributed by atoms with Gasteiger partial charge in [0.05, 0.1) is 6.20 Å². The van der Waals surface area contributed by atoms with E-state index in [0.29, 0.717) is 0 Å². The van der Waals surface area contributed by atoms with Crippen LogP contribution in [0, 0.1) is 0 Å². The normalized spacial score (nSPS) is 9.30. The second-order valence-electron chi connectivity index (χ2n) is 1.50. The molecule has 0 saturated heterocycles. The second-order valence-corrected chi connectivity index (χ2v) is 1.50. The molecular formula is C4H5N3O3. The van der Waals surface area contributed by atoms with Crippen LogP contribution in [0.1, 0.15) is 0 Å². The topological polar surface area (TPSA) is 92.6 Å². The van der Waals surface area contributed by atoms with Crippen molar-refractivity contribution in [3.63, 3.8) is 0 Å². The van der Waals surface area contributed by atoms with E-state index >= 15 is 0 Å². The number of amides is 2. The summed E-state index contributed by atoms with van der Waals surface area (Å²) in [7, 11) is 0. The van der Waals surface area contributed by atoms with E-state index in [1.165, 1.54) is 12.3 Å². The maximum absolute atomic E-state index is 10.2. The smallest absolute Gasteiger partial charge is 0.346 e. The summed E-state index contributed by atoms with van der Waals surface area (Å²) in [4.78, 5) is 10.2. The summed E-state index contributed by atoms with van der Waals surface area (Å²) in [6, 6.07) is 0.279. The fraction of sp³-hybridized carbons (Fsp3) is 0. The quantitative estimate of drug-likeness (QED) is 0.425. The number of urea groups is 1. The Morgan fingerprint density at radius 1 is 1.90 bits per heavy atom. The van der Waals surface area contributed by atoms with E-state index in [4.69, 9.17) is 5.21 Å². The number of hydrogen-bond acceptors (Lipinski definition) is 4. The van der Waals surface area contributed by atoms with Gasteiger partial charge in [-0.15, -0.1) is 5.06 Å². The van der Waals surface area contributed by atoms with E-state index in [0.717, 1.165) is 0 Å². The number of hydroxylamine groups is 1. The predicted molar refractivity (Wildman–Crippen MR) is 30.4 cm³/mol. The van der Waals surface area contributed by atoms with Crippen molar-refractivity contribution in [3.8, 4) is 0 Å². The molecule has 0 aromatic carbocycles. The standard InChI is InChI=1S/C4H5N3O3/c5-4(8)7(9)3-1-2-6-10-3/h1-2,9H,(H2,5,8). The fourth-order valence-electron chi connectivity index (χ4n) is 0.427. The second kappa shape index (κ2) is 2.36. The van der Waals surface area contributed by atoms with Gasteiger partial charge in [-0.1, -0.05) is 5.16 Å². The first kappa shape index (κ1) is 6.56. The highest BCUT2D eigenvalue weighted by Crippen LogP contribution is 2.08. The Balaban J connectivity index is 2.77. The summed E-state index contributed by atoms with van der Waals surface area (Å²) >= 11 is 0. The molecule has 6 heteroatoms. The van der Waals surface area contributed by atoms with Crippen molar-refractivity contribution < 1.29 is 14.5 Å². The Hall–Kier alpha value is -1.56. The number of nitrogens with two attached hydrogens (primary N) is 1. The van der Waals surface area contributed by atoms with Crippen LogP contribution >= 0.6 is 0 Å². The van der Waals surface area contributed by atoms with Crippen LogP contribution in [0.2, 0.25) is 0 Å². The van der Waals surface area contributed by atoms with E-state index in [-0.39, 0.29) is 10.9 Å². The van der Waals surface area contributed by atoms with Crippen molar-refractivity contribution in [2.24, 2.45) is 5.73 Å². The zero-order valence-corrected chi connectivity index (χ0v) is 4.89. The summed E-state index contributed by atoms with van der Waals surface area (Å²) in [5.41, 5.74) is 4.68. The van der Waals surface area contributed by atoms with Gasteiger partial charge in [0.1, 0.15) is 0 Å². The molecular weight excluding hydrogens is 138 g/mol. The van der Waals surface area contributed by atoms with Crippen LogP contribution < -0.4 is 10.8 Å². The molecule has 0 atom stereocenters. The lowest BCUT2D eigenvalue weighted by molar-refractivity contribution is 0.200. The van der Waals surface area contributed by atoms with Crippen molar-refractivity contribution in [1.29, 1.82) is 0 Å². The maximum Gasteiger partial charge on any atom is 0.346 e. The molecule has 54 valence electrons. The van der Waals surface area contributed by atoms with E-state index in [1.54, 1.807) is 0 Å². The lowest BCUT2D eigenvalue weighted by Crippen LogP contribution is -2.31. The lowest BCUT2D eigenvalue weighted by atomic mass is 10.6. The van der Waals surface area contributed by atoms with Gasteiger partial charge < -0.3 is 10.3 Å². The van der Waals surface area contributed by atoms with Gasteiger partial charge in [-0.3, -0.25) is 5.21 Å². The van der Waals surface area contributed by atoms with Crippen molar-refractivity contribution in [3.05, 3.63) is 12.3 Å². The molecule has 0 bridgehead atoms. The molecule has 0 saturated carbocycles. The molecule has 6 nitrogen and oxygen atoms in total. The SMILES string of the molecule is NC(=O)N(O)c1ccno1. The molecule has 1 aromatic heterocycles. The van der Waals surface area contributed by atoms with Gasteiger partial charge in [0.2, 0.25) is 0 Å². The number of carbonyl (C=O) groups excluding carboxylic acids is 1. The van der Waals surface area contributed by atoms with Crippen molar-refractivity contribution >= 4 is 11.9 Å². The molecule has 2 amide bonds. The van der Waals surface area contributed by atoms with Gasteiger partial charge in [0, 0.05) is 6.07 Å². The molecule has 1 rings (SSSR count). The summed E-state index contributed by atoms with van der Waals surface area (Å²) in [6.07, 6.45) is 1.28. The molecule has 1 aromatic rings. The van der Waals surface area contributed by atoms with E-state index in [9.17, 15) is 4.79 Å². The Bertz CT molecular complexity index is 220. The number of anilines is 1. The van der Waals surface area contributed by atoms with Crippen molar-refractivity contribution in [2.75, 3.05) is 5.06 Å². The summed E-state index contributed by atoms with van der Waals surface area (Å²) in [6.45, 7) is 0. The van der Waals surface area contributed by atoms with E-state index < -0.39 is 6.03 Å². The highest BCUT2D eigenvalue weighted by molar-refractivity contribution is 5.86. The number of hydrogen-bond donors (Lipinski definition) is 2. The highest BCUT2D eigenvalue weighted by Gasteiger charge is 2.11. The summed E-state index contributed by atoms with van der Waals surface area (Å²) in [5.74, 6) is -0.104. The largest absolute Gasteiger partial charge is 0.349 e. The molecule has 0 spiro atoms. The minimum Gasteiger partial charge on any atom is -0.349 e. The molecule has 0 fully saturated rings. The average molecular weight is 143 g/mol. The minimum absolute atomic E-state index is 0.104. The molecule has 1 heterocycles. The predicted octanol–water partition coefficient (Wildman–Crippen LogP) is -0.0511. The number of primary amides is 1.